The van der Waals surface area contributed by atoms with Gasteiger partial charge in [0.15, 0.2) is 0 Å². The summed E-state index contributed by atoms with van der Waals surface area (Å²) in [5.74, 6) is 1.88. The molecule has 0 radical (unpaired) electrons. The number of ether oxygens (including phenoxy) is 1. The molecule has 1 aromatic carbocycles. The Morgan fingerprint density at radius 2 is 1.94 bits per heavy atom. The maximum absolute atomic E-state index is 5.60. The summed E-state index contributed by atoms with van der Waals surface area (Å²) in [5.41, 5.74) is 1.22. The van der Waals surface area contributed by atoms with E-state index in [4.69, 9.17) is 4.74 Å². The molecule has 1 heterocycles. The monoisotopic (exact) mass is 242 g/mol. The largest absolute Gasteiger partial charge is 0.494 e. The van der Waals surface area contributed by atoms with Crippen LogP contribution in [0, 0.1) is 0 Å². The summed E-state index contributed by atoms with van der Waals surface area (Å²) < 4.78 is 5.60. The molecule has 2 rings (SSSR count). The van der Waals surface area contributed by atoms with E-state index in [0.717, 1.165) is 24.5 Å². The van der Waals surface area contributed by atoms with Gasteiger partial charge in [0.25, 0.3) is 0 Å². The van der Waals surface area contributed by atoms with Gasteiger partial charge in [-0.3, -0.25) is 0 Å². The molecule has 0 spiro atoms. The predicted molar refractivity (Wildman–Crippen MR) is 74.0 cm³/mol. The van der Waals surface area contributed by atoms with Crippen LogP contribution in [0.2, 0.25) is 0 Å². The van der Waals surface area contributed by atoms with E-state index in [0.29, 0.717) is 6.61 Å². The summed E-state index contributed by atoms with van der Waals surface area (Å²) in [6, 6.07) is 14.0. The molecule has 3 nitrogen and oxygen atoms in total. The van der Waals surface area contributed by atoms with Crippen LogP contribution in [0.3, 0.4) is 0 Å². The fraction of sp³-hybridized carbons (Fsp3) is 0.267. The maximum Gasteiger partial charge on any atom is 0.125 e. The number of benzene rings is 1. The Balaban J connectivity index is 1.90. The molecule has 0 unspecified atom stereocenters. The van der Waals surface area contributed by atoms with Crippen LogP contribution in [0.4, 0.5) is 5.82 Å². The van der Waals surface area contributed by atoms with E-state index in [1.807, 2.05) is 43.3 Å². The SMILES string of the molecule is CCOc1ccccc1CCNc1ccccn1. The van der Waals surface area contributed by atoms with Crippen LogP contribution in [0.25, 0.3) is 0 Å². The highest BCUT2D eigenvalue weighted by Gasteiger charge is 2.01. The lowest BCUT2D eigenvalue weighted by molar-refractivity contribution is 0.336. The second kappa shape index (κ2) is 6.64. The Kier molecular flexibility index (Phi) is 4.59. The van der Waals surface area contributed by atoms with Gasteiger partial charge in [-0.05, 0) is 37.1 Å². The second-order valence-electron chi connectivity index (χ2n) is 3.93. The van der Waals surface area contributed by atoms with Crippen molar-refractivity contribution in [3.63, 3.8) is 0 Å². The highest BCUT2D eigenvalue weighted by molar-refractivity contribution is 5.36. The quantitative estimate of drug-likeness (QED) is 0.845. The molecule has 0 aliphatic rings. The van der Waals surface area contributed by atoms with Crippen molar-refractivity contribution in [2.24, 2.45) is 0 Å². The molecule has 94 valence electrons. The number of hydrogen-bond donors (Lipinski definition) is 1. The van der Waals surface area contributed by atoms with E-state index >= 15 is 0 Å². The van der Waals surface area contributed by atoms with Gasteiger partial charge in [-0.1, -0.05) is 24.3 Å². The second-order valence-corrected chi connectivity index (χ2v) is 3.93. The Morgan fingerprint density at radius 1 is 1.11 bits per heavy atom. The van der Waals surface area contributed by atoms with Gasteiger partial charge in [0.2, 0.25) is 0 Å². The molecule has 0 amide bonds. The van der Waals surface area contributed by atoms with Crippen molar-refractivity contribution >= 4 is 5.82 Å². The van der Waals surface area contributed by atoms with Gasteiger partial charge in [-0.15, -0.1) is 0 Å². The van der Waals surface area contributed by atoms with Crippen molar-refractivity contribution in [1.82, 2.24) is 4.98 Å². The molecule has 0 aliphatic carbocycles. The lowest BCUT2D eigenvalue weighted by atomic mass is 10.1. The Bertz CT molecular complexity index is 471. The number of nitrogens with one attached hydrogen (secondary N) is 1. The third kappa shape index (κ3) is 3.48. The smallest absolute Gasteiger partial charge is 0.125 e. The summed E-state index contributed by atoms with van der Waals surface area (Å²) in [6.45, 7) is 3.55. The van der Waals surface area contributed by atoms with Crippen LogP contribution in [0.1, 0.15) is 12.5 Å². The highest BCUT2D eigenvalue weighted by atomic mass is 16.5. The van der Waals surface area contributed by atoms with Crippen molar-refractivity contribution in [2.75, 3.05) is 18.5 Å². The molecule has 2 aromatic rings. The topological polar surface area (TPSA) is 34.1 Å². The van der Waals surface area contributed by atoms with Gasteiger partial charge in [0.1, 0.15) is 11.6 Å². The maximum atomic E-state index is 5.60. The third-order valence-electron chi connectivity index (χ3n) is 2.64. The number of hydrogen-bond acceptors (Lipinski definition) is 3. The Hall–Kier alpha value is -2.03. The van der Waals surface area contributed by atoms with Crippen LogP contribution < -0.4 is 10.1 Å². The summed E-state index contributed by atoms with van der Waals surface area (Å²) >= 11 is 0. The number of anilines is 1. The molecule has 0 aliphatic heterocycles. The standard InChI is InChI=1S/C15H18N2O/c1-2-18-14-8-4-3-7-13(14)10-12-17-15-9-5-6-11-16-15/h3-9,11H,2,10,12H2,1H3,(H,16,17). The first-order valence-electron chi connectivity index (χ1n) is 6.25. The van der Waals surface area contributed by atoms with Gasteiger partial charge in [-0.2, -0.15) is 0 Å². The minimum absolute atomic E-state index is 0.699. The number of rotatable bonds is 6. The average Bonchev–Trinajstić information content (AvgIpc) is 2.42. The van der Waals surface area contributed by atoms with Crippen molar-refractivity contribution in [2.45, 2.75) is 13.3 Å². The van der Waals surface area contributed by atoms with Crippen molar-refractivity contribution < 1.29 is 4.74 Å². The van der Waals surface area contributed by atoms with Crippen molar-refractivity contribution in [3.05, 3.63) is 54.2 Å². The van der Waals surface area contributed by atoms with Crippen LogP contribution >= 0.6 is 0 Å². The highest BCUT2D eigenvalue weighted by Crippen LogP contribution is 2.18. The first-order chi connectivity index (χ1) is 8.90. The Morgan fingerprint density at radius 3 is 2.72 bits per heavy atom. The molecule has 0 fully saturated rings. The molecule has 18 heavy (non-hydrogen) atoms. The van der Waals surface area contributed by atoms with Gasteiger partial charge < -0.3 is 10.1 Å². The van der Waals surface area contributed by atoms with E-state index < -0.39 is 0 Å². The molecule has 0 saturated heterocycles. The van der Waals surface area contributed by atoms with E-state index in [1.54, 1.807) is 6.20 Å². The summed E-state index contributed by atoms with van der Waals surface area (Å²) in [6.07, 6.45) is 2.71. The molecule has 3 heteroatoms. The zero-order chi connectivity index (χ0) is 12.6. The molecular formula is C15H18N2O. The van der Waals surface area contributed by atoms with Gasteiger partial charge >= 0.3 is 0 Å². The normalized spacial score (nSPS) is 10.1. The van der Waals surface area contributed by atoms with Crippen LogP contribution in [-0.2, 0) is 6.42 Å². The fourth-order valence-electron chi connectivity index (χ4n) is 1.80. The molecule has 1 N–H and O–H groups in total. The van der Waals surface area contributed by atoms with E-state index in [1.165, 1.54) is 5.56 Å². The van der Waals surface area contributed by atoms with E-state index in [-0.39, 0.29) is 0 Å². The number of aromatic nitrogens is 1. The summed E-state index contributed by atoms with van der Waals surface area (Å²) in [7, 11) is 0. The minimum atomic E-state index is 0.699. The first-order valence-corrected chi connectivity index (χ1v) is 6.25. The van der Waals surface area contributed by atoms with Crippen LogP contribution in [0.15, 0.2) is 48.7 Å². The zero-order valence-electron chi connectivity index (χ0n) is 10.6. The predicted octanol–water partition coefficient (Wildman–Crippen LogP) is 3.13. The number of nitrogens with zero attached hydrogens (tertiary/aromatic N) is 1. The van der Waals surface area contributed by atoms with Gasteiger partial charge in [-0.25, -0.2) is 4.98 Å². The Labute approximate surface area is 108 Å². The fourth-order valence-corrected chi connectivity index (χ4v) is 1.80. The minimum Gasteiger partial charge on any atom is -0.494 e. The average molecular weight is 242 g/mol. The van der Waals surface area contributed by atoms with Crippen LogP contribution in [-0.4, -0.2) is 18.1 Å². The molecule has 1 aromatic heterocycles. The number of pyridine rings is 1. The molecular weight excluding hydrogens is 224 g/mol. The van der Waals surface area contributed by atoms with Crippen molar-refractivity contribution in [3.8, 4) is 5.75 Å². The summed E-state index contributed by atoms with van der Waals surface area (Å²) in [4.78, 5) is 4.23. The van der Waals surface area contributed by atoms with Crippen molar-refractivity contribution in [1.29, 1.82) is 0 Å². The molecule has 0 bridgehead atoms. The number of para-hydroxylation sites is 1. The molecule has 0 atom stereocenters. The summed E-state index contributed by atoms with van der Waals surface area (Å²) in [5, 5.41) is 3.30. The first kappa shape index (κ1) is 12.4. The lowest BCUT2D eigenvalue weighted by Gasteiger charge is -2.10. The third-order valence-corrected chi connectivity index (χ3v) is 2.64. The van der Waals surface area contributed by atoms with Crippen LogP contribution in [0.5, 0.6) is 5.75 Å². The van der Waals surface area contributed by atoms with E-state index in [2.05, 4.69) is 16.4 Å². The lowest BCUT2D eigenvalue weighted by Crippen LogP contribution is -2.07. The zero-order valence-corrected chi connectivity index (χ0v) is 10.6. The van der Waals surface area contributed by atoms with E-state index in [9.17, 15) is 0 Å². The van der Waals surface area contributed by atoms with Gasteiger partial charge in [0, 0.05) is 12.7 Å². The van der Waals surface area contributed by atoms with Gasteiger partial charge in [0.05, 0.1) is 6.61 Å². The molecule has 0 saturated carbocycles.